The highest BCUT2D eigenvalue weighted by molar-refractivity contribution is 6.42. The van der Waals surface area contributed by atoms with Crippen molar-refractivity contribution in [3.63, 3.8) is 0 Å². The van der Waals surface area contributed by atoms with Gasteiger partial charge < -0.3 is 5.11 Å². The van der Waals surface area contributed by atoms with Gasteiger partial charge in [0.05, 0.1) is 10.0 Å². The lowest BCUT2D eigenvalue weighted by Crippen LogP contribution is -1.74. The molecule has 17 heavy (non-hydrogen) atoms. The maximum atomic E-state index is 9.15. The largest absolute Gasteiger partial charge is 0.508 e. The van der Waals surface area contributed by atoms with E-state index in [1.807, 2.05) is 30.4 Å². The van der Waals surface area contributed by atoms with E-state index in [4.69, 9.17) is 28.3 Å². The molecule has 2 aromatic carbocycles. The molecule has 0 aliphatic carbocycles. The van der Waals surface area contributed by atoms with Crippen LogP contribution in [0.4, 0.5) is 0 Å². The summed E-state index contributed by atoms with van der Waals surface area (Å²) in [7, 11) is 0. The zero-order chi connectivity index (χ0) is 12.3. The fourth-order valence-corrected chi connectivity index (χ4v) is 1.70. The minimum Gasteiger partial charge on any atom is -0.508 e. The first-order valence-electron chi connectivity index (χ1n) is 5.07. The fraction of sp³-hybridized carbons (Fsp3) is 0. The molecule has 0 amide bonds. The molecule has 0 heterocycles. The van der Waals surface area contributed by atoms with Crippen LogP contribution in [0.25, 0.3) is 12.2 Å². The molecule has 0 atom stereocenters. The average Bonchev–Trinajstić information content (AvgIpc) is 2.33. The van der Waals surface area contributed by atoms with E-state index in [-0.39, 0.29) is 5.75 Å². The molecule has 0 unspecified atom stereocenters. The van der Waals surface area contributed by atoms with Crippen LogP contribution in [0.3, 0.4) is 0 Å². The molecule has 3 heteroatoms. The predicted molar refractivity (Wildman–Crippen MR) is 73.5 cm³/mol. The number of benzene rings is 2. The van der Waals surface area contributed by atoms with Crippen molar-refractivity contribution in [1.82, 2.24) is 0 Å². The molecular weight excluding hydrogens is 255 g/mol. The van der Waals surface area contributed by atoms with Gasteiger partial charge in [0.2, 0.25) is 0 Å². The van der Waals surface area contributed by atoms with E-state index in [1.165, 1.54) is 0 Å². The Bertz CT molecular complexity index is 545. The lowest BCUT2D eigenvalue weighted by molar-refractivity contribution is 0.475. The second kappa shape index (κ2) is 5.26. The van der Waals surface area contributed by atoms with Crippen molar-refractivity contribution in [3.8, 4) is 5.75 Å². The molecule has 0 spiro atoms. The Morgan fingerprint density at radius 2 is 1.35 bits per heavy atom. The molecule has 2 aromatic rings. The van der Waals surface area contributed by atoms with Crippen molar-refractivity contribution < 1.29 is 5.11 Å². The molecular formula is C14H10Cl2O. The zero-order valence-corrected chi connectivity index (χ0v) is 10.4. The summed E-state index contributed by atoms with van der Waals surface area (Å²) in [5, 5.41) is 10.2. The average molecular weight is 265 g/mol. The van der Waals surface area contributed by atoms with E-state index < -0.39 is 0 Å². The maximum absolute atomic E-state index is 9.15. The van der Waals surface area contributed by atoms with Crippen LogP contribution in [-0.2, 0) is 0 Å². The third-order valence-electron chi connectivity index (χ3n) is 2.30. The van der Waals surface area contributed by atoms with Crippen molar-refractivity contribution in [3.05, 3.63) is 63.6 Å². The lowest BCUT2D eigenvalue weighted by atomic mass is 10.1. The quantitative estimate of drug-likeness (QED) is 0.768. The summed E-state index contributed by atoms with van der Waals surface area (Å²) in [6.45, 7) is 0. The first-order chi connectivity index (χ1) is 8.15. The van der Waals surface area contributed by atoms with Gasteiger partial charge in [0.25, 0.3) is 0 Å². The van der Waals surface area contributed by atoms with E-state index in [0.29, 0.717) is 10.0 Å². The van der Waals surface area contributed by atoms with Crippen molar-refractivity contribution >= 4 is 35.4 Å². The van der Waals surface area contributed by atoms with Crippen LogP contribution >= 0.6 is 23.2 Å². The minimum absolute atomic E-state index is 0.261. The summed E-state index contributed by atoms with van der Waals surface area (Å²) in [5.74, 6) is 0.261. The van der Waals surface area contributed by atoms with Gasteiger partial charge in [-0.2, -0.15) is 0 Å². The Labute approximate surface area is 110 Å². The van der Waals surface area contributed by atoms with E-state index in [0.717, 1.165) is 11.1 Å². The van der Waals surface area contributed by atoms with Gasteiger partial charge in [-0.3, -0.25) is 0 Å². The smallest absolute Gasteiger partial charge is 0.115 e. The van der Waals surface area contributed by atoms with Gasteiger partial charge in [-0.15, -0.1) is 0 Å². The lowest BCUT2D eigenvalue weighted by Gasteiger charge is -1.98. The van der Waals surface area contributed by atoms with Crippen LogP contribution < -0.4 is 0 Å². The number of hydrogen-bond donors (Lipinski definition) is 1. The van der Waals surface area contributed by atoms with Crippen molar-refractivity contribution in [1.29, 1.82) is 0 Å². The van der Waals surface area contributed by atoms with Gasteiger partial charge in [-0.25, -0.2) is 0 Å². The molecule has 1 N–H and O–H groups in total. The Kier molecular flexibility index (Phi) is 3.72. The van der Waals surface area contributed by atoms with Crippen LogP contribution in [-0.4, -0.2) is 5.11 Å². The molecule has 0 saturated carbocycles. The van der Waals surface area contributed by atoms with Crippen molar-refractivity contribution in [2.24, 2.45) is 0 Å². The van der Waals surface area contributed by atoms with Gasteiger partial charge in [0, 0.05) is 0 Å². The first kappa shape index (κ1) is 12.0. The molecule has 0 saturated heterocycles. The Morgan fingerprint density at radius 3 is 2.00 bits per heavy atom. The van der Waals surface area contributed by atoms with Gasteiger partial charge in [0.1, 0.15) is 5.75 Å². The summed E-state index contributed by atoms with van der Waals surface area (Å²) >= 11 is 11.7. The molecule has 0 aliphatic rings. The number of hydrogen-bond acceptors (Lipinski definition) is 1. The van der Waals surface area contributed by atoms with E-state index in [1.54, 1.807) is 24.3 Å². The van der Waals surface area contributed by atoms with E-state index in [9.17, 15) is 0 Å². The van der Waals surface area contributed by atoms with E-state index in [2.05, 4.69) is 0 Å². The number of rotatable bonds is 2. The molecule has 0 bridgehead atoms. The molecule has 0 aliphatic heterocycles. The van der Waals surface area contributed by atoms with Crippen LogP contribution in [0, 0.1) is 0 Å². The molecule has 0 radical (unpaired) electrons. The second-order valence-corrected chi connectivity index (χ2v) is 4.41. The summed E-state index contributed by atoms with van der Waals surface area (Å²) in [6.07, 6.45) is 3.88. The maximum Gasteiger partial charge on any atom is 0.115 e. The highest BCUT2D eigenvalue weighted by atomic mass is 35.5. The van der Waals surface area contributed by atoms with Crippen LogP contribution in [0.5, 0.6) is 5.75 Å². The summed E-state index contributed by atoms with van der Waals surface area (Å²) in [5.41, 5.74) is 1.99. The molecule has 86 valence electrons. The molecule has 2 rings (SSSR count). The van der Waals surface area contributed by atoms with Gasteiger partial charge in [-0.05, 0) is 35.4 Å². The molecule has 0 fully saturated rings. The number of phenolic OH excluding ortho intramolecular Hbond substituents is 1. The standard InChI is InChI=1S/C14H10Cl2O/c15-13-8-5-11(9-14(13)16)2-1-10-3-6-12(17)7-4-10/h1-9,17H/b2-1+. The van der Waals surface area contributed by atoms with E-state index >= 15 is 0 Å². The summed E-state index contributed by atoms with van der Waals surface area (Å²) in [4.78, 5) is 0. The van der Waals surface area contributed by atoms with Crippen LogP contribution in [0.15, 0.2) is 42.5 Å². The van der Waals surface area contributed by atoms with Gasteiger partial charge in [0.15, 0.2) is 0 Å². The first-order valence-corrected chi connectivity index (χ1v) is 5.83. The van der Waals surface area contributed by atoms with Crippen LogP contribution in [0.2, 0.25) is 10.0 Å². The molecule has 1 nitrogen and oxygen atoms in total. The van der Waals surface area contributed by atoms with Crippen molar-refractivity contribution in [2.75, 3.05) is 0 Å². The Hall–Kier alpha value is -1.44. The number of halogens is 2. The van der Waals surface area contributed by atoms with Crippen LogP contribution in [0.1, 0.15) is 11.1 Å². The number of aromatic hydroxyl groups is 1. The zero-order valence-electron chi connectivity index (χ0n) is 8.90. The highest BCUT2D eigenvalue weighted by Gasteiger charge is 1.96. The summed E-state index contributed by atoms with van der Waals surface area (Å²) in [6, 6.07) is 12.4. The Morgan fingerprint density at radius 1 is 0.765 bits per heavy atom. The van der Waals surface area contributed by atoms with Gasteiger partial charge >= 0.3 is 0 Å². The van der Waals surface area contributed by atoms with Gasteiger partial charge in [-0.1, -0.05) is 53.6 Å². The Balaban J connectivity index is 2.20. The minimum atomic E-state index is 0.261. The molecule has 0 aromatic heterocycles. The second-order valence-electron chi connectivity index (χ2n) is 3.60. The third-order valence-corrected chi connectivity index (χ3v) is 3.04. The SMILES string of the molecule is Oc1ccc(/C=C/c2ccc(Cl)c(Cl)c2)cc1. The summed E-state index contributed by atoms with van der Waals surface area (Å²) < 4.78 is 0. The van der Waals surface area contributed by atoms with Crippen molar-refractivity contribution in [2.45, 2.75) is 0 Å². The fourth-order valence-electron chi connectivity index (χ4n) is 1.39. The topological polar surface area (TPSA) is 20.2 Å². The monoisotopic (exact) mass is 264 g/mol. The normalized spacial score (nSPS) is 10.9. The third kappa shape index (κ3) is 3.26. The number of phenols is 1. The predicted octanol–water partition coefficient (Wildman–Crippen LogP) is 4.87. The highest BCUT2D eigenvalue weighted by Crippen LogP contribution is 2.23.